The quantitative estimate of drug-likeness (QED) is 0.924. The molecule has 2 aromatic rings. The zero-order valence-corrected chi connectivity index (χ0v) is 14.7. The molecule has 6 nitrogen and oxygen atoms in total. The summed E-state index contributed by atoms with van der Waals surface area (Å²) in [5.74, 6) is 1.70. The maximum Gasteiger partial charge on any atom is 0.142 e. The van der Waals surface area contributed by atoms with Gasteiger partial charge in [0.15, 0.2) is 0 Å². The van der Waals surface area contributed by atoms with Crippen LogP contribution in [0, 0.1) is 17.2 Å². The van der Waals surface area contributed by atoms with E-state index in [1.54, 1.807) is 6.33 Å². The number of halogens is 1. The highest BCUT2D eigenvalue weighted by Crippen LogP contribution is 2.43. The van der Waals surface area contributed by atoms with Crippen LogP contribution in [0.2, 0.25) is 0 Å². The lowest BCUT2D eigenvalue weighted by molar-refractivity contribution is 0.130. The minimum Gasteiger partial charge on any atom is -0.354 e. The van der Waals surface area contributed by atoms with E-state index < -0.39 is 0 Å². The first-order valence-corrected chi connectivity index (χ1v) is 8.39. The third-order valence-electron chi connectivity index (χ3n) is 5.78. The summed E-state index contributed by atoms with van der Waals surface area (Å²) in [7, 11) is 0. The maximum atomic E-state index is 8.94. The molecular weight excluding hydrogens is 324 g/mol. The fourth-order valence-electron chi connectivity index (χ4n) is 4.44. The predicted molar refractivity (Wildman–Crippen MR) is 96.3 cm³/mol. The number of nitrogens with one attached hydrogen (secondary N) is 1. The lowest BCUT2D eigenvalue weighted by Crippen LogP contribution is -2.49. The van der Waals surface area contributed by atoms with E-state index in [1.807, 2.05) is 6.20 Å². The van der Waals surface area contributed by atoms with Crippen molar-refractivity contribution in [3.05, 3.63) is 18.6 Å². The van der Waals surface area contributed by atoms with Crippen molar-refractivity contribution in [1.29, 1.82) is 5.26 Å². The number of aromatic amines is 1. The van der Waals surface area contributed by atoms with Gasteiger partial charge < -0.3 is 9.88 Å². The molecule has 2 aliphatic heterocycles. The Hall–Kier alpha value is -1.84. The molecule has 2 atom stereocenters. The van der Waals surface area contributed by atoms with E-state index in [1.165, 1.54) is 6.42 Å². The molecule has 7 heteroatoms. The van der Waals surface area contributed by atoms with Gasteiger partial charge in [-0.1, -0.05) is 6.92 Å². The SMILES string of the molecule is CC1CCN(CCC#N)C12CCN(c1ncnc3[nH]ccc13)C2.Cl. The number of nitrogens with zero attached hydrogens (tertiary/aromatic N) is 5. The number of H-pyrrole nitrogens is 1. The van der Waals surface area contributed by atoms with Gasteiger partial charge in [0.2, 0.25) is 0 Å². The Bertz CT molecular complexity index is 753. The van der Waals surface area contributed by atoms with E-state index in [-0.39, 0.29) is 17.9 Å². The van der Waals surface area contributed by atoms with Crippen LogP contribution in [0.4, 0.5) is 5.82 Å². The topological polar surface area (TPSA) is 71.8 Å². The van der Waals surface area contributed by atoms with E-state index in [0.717, 1.165) is 49.5 Å². The Morgan fingerprint density at radius 1 is 1.42 bits per heavy atom. The first-order valence-electron chi connectivity index (χ1n) is 8.39. The second-order valence-corrected chi connectivity index (χ2v) is 6.80. The summed E-state index contributed by atoms with van der Waals surface area (Å²) in [6, 6.07) is 4.36. The van der Waals surface area contributed by atoms with Crippen LogP contribution in [0.25, 0.3) is 11.0 Å². The molecular formula is C17H23ClN6. The van der Waals surface area contributed by atoms with Gasteiger partial charge in [0.25, 0.3) is 0 Å². The standard InChI is InChI=1S/C17H22N6.ClH/c1-13-4-9-23(8-2-6-18)17(13)5-10-22(11-17)16-14-3-7-19-15(14)20-12-21-16;/h3,7,12-13H,2,4-5,8-11H2,1H3,(H,19,20,21);1H. The van der Waals surface area contributed by atoms with Crippen LogP contribution in [0.5, 0.6) is 0 Å². The van der Waals surface area contributed by atoms with Crippen molar-refractivity contribution in [2.75, 3.05) is 31.1 Å². The van der Waals surface area contributed by atoms with E-state index in [2.05, 4.69) is 43.8 Å². The van der Waals surface area contributed by atoms with Crippen molar-refractivity contribution in [2.24, 2.45) is 5.92 Å². The van der Waals surface area contributed by atoms with Crippen LogP contribution < -0.4 is 4.90 Å². The van der Waals surface area contributed by atoms with Gasteiger partial charge >= 0.3 is 0 Å². The number of likely N-dealkylation sites (tertiary alicyclic amines) is 1. The molecule has 128 valence electrons. The molecule has 2 aliphatic rings. The van der Waals surface area contributed by atoms with Crippen molar-refractivity contribution < 1.29 is 0 Å². The Morgan fingerprint density at radius 2 is 2.29 bits per heavy atom. The smallest absolute Gasteiger partial charge is 0.142 e. The molecule has 24 heavy (non-hydrogen) atoms. The molecule has 2 fully saturated rings. The van der Waals surface area contributed by atoms with E-state index >= 15 is 0 Å². The van der Waals surface area contributed by atoms with Crippen LogP contribution in [0.3, 0.4) is 0 Å². The van der Waals surface area contributed by atoms with E-state index in [0.29, 0.717) is 12.3 Å². The van der Waals surface area contributed by atoms with Crippen LogP contribution in [-0.2, 0) is 0 Å². The highest BCUT2D eigenvalue weighted by Gasteiger charge is 2.50. The fraction of sp³-hybridized carbons (Fsp3) is 0.588. The molecule has 0 aliphatic carbocycles. The Morgan fingerprint density at radius 3 is 3.12 bits per heavy atom. The van der Waals surface area contributed by atoms with Gasteiger partial charge in [-0.3, -0.25) is 4.90 Å². The van der Waals surface area contributed by atoms with E-state index in [4.69, 9.17) is 5.26 Å². The van der Waals surface area contributed by atoms with Crippen LogP contribution in [-0.4, -0.2) is 51.6 Å². The van der Waals surface area contributed by atoms with Crippen LogP contribution in [0.15, 0.2) is 18.6 Å². The molecule has 0 amide bonds. The number of anilines is 1. The van der Waals surface area contributed by atoms with Crippen molar-refractivity contribution in [2.45, 2.75) is 31.7 Å². The number of rotatable bonds is 3. The molecule has 1 spiro atoms. The second kappa shape index (κ2) is 6.58. The largest absolute Gasteiger partial charge is 0.354 e. The first-order chi connectivity index (χ1) is 11.2. The third-order valence-corrected chi connectivity index (χ3v) is 5.78. The summed E-state index contributed by atoms with van der Waals surface area (Å²) in [6.07, 6.45) is 6.55. The predicted octanol–water partition coefficient (Wildman–Crippen LogP) is 2.58. The lowest BCUT2D eigenvalue weighted by Gasteiger charge is -2.38. The van der Waals surface area contributed by atoms with Crippen LogP contribution in [0.1, 0.15) is 26.2 Å². The van der Waals surface area contributed by atoms with Gasteiger partial charge in [0.1, 0.15) is 17.8 Å². The molecule has 2 unspecified atom stereocenters. The molecule has 4 rings (SSSR count). The molecule has 2 saturated heterocycles. The molecule has 2 aromatic heterocycles. The molecule has 0 saturated carbocycles. The zero-order chi connectivity index (χ0) is 15.9. The van der Waals surface area contributed by atoms with Gasteiger partial charge in [-0.05, 0) is 31.4 Å². The lowest BCUT2D eigenvalue weighted by atomic mass is 9.85. The summed E-state index contributed by atoms with van der Waals surface area (Å²) in [5, 5.41) is 10.0. The number of fused-ring (bicyclic) bond motifs is 1. The van der Waals surface area contributed by atoms with Crippen molar-refractivity contribution in [3.63, 3.8) is 0 Å². The molecule has 0 radical (unpaired) electrons. The van der Waals surface area contributed by atoms with Crippen molar-refractivity contribution >= 4 is 29.3 Å². The number of hydrogen-bond donors (Lipinski definition) is 1. The minimum atomic E-state index is 0. The summed E-state index contributed by atoms with van der Waals surface area (Å²) < 4.78 is 0. The highest BCUT2D eigenvalue weighted by molar-refractivity contribution is 5.87. The zero-order valence-electron chi connectivity index (χ0n) is 13.9. The molecule has 1 N–H and O–H groups in total. The number of hydrogen-bond acceptors (Lipinski definition) is 5. The Labute approximate surface area is 148 Å². The fourth-order valence-corrected chi connectivity index (χ4v) is 4.44. The first kappa shape index (κ1) is 17.0. The van der Waals surface area contributed by atoms with Gasteiger partial charge in [0.05, 0.1) is 11.5 Å². The van der Waals surface area contributed by atoms with Crippen molar-refractivity contribution in [1.82, 2.24) is 19.9 Å². The summed E-state index contributed by atoms with van der Waals surface area (Å²) in [4.78, 5) is 17.0. The monoisotopic (exact) mass is 346 g/mol. The van der Waals surface area contributed by atoms with Gasteiger partial charge in [-0.15, -0.1) is 12.4 Å². The van der Waals surface area contributed by atoms with Gasteiger partial charge in [0, 0.05) is 37.8 Å². The van der Waals surface area contributed by atoms with E-state index in [9.17, 15) is 0 Å². The number of aromatic nitrogens is 3. The third kappa shape index (κ3) is 2.52. The van der Waals surface area contributed by atoms with Crippen LogP contribution >= 0.6 is 12.4 Å². The van der Waals surface area contributed by atoms with Gasteiger partial charge in [-0.25, -0.2) is 9.97 Å². The highest BCUT2D eigenvalue weighted by atomic mass is 35.5. The second-order valence-electron chi connectivity index (χ2n) is 6.80. The number of nitriles is 1. The molecule has 4 heterocycles. The Balaban J connectivity index is 0.00000169. The van der Waals surface area contributed by atoms with Gasteiger partial charge in [-0.2, -0.15) is 5.26 Å². The molecule has 0 bridgehead atoms. The average Bonchev–Trinajstić information content (AvgIpc) is 3.27. The summed E-state index contributed by atoms with van der Waals surface area (Å²) in [6.45, 7) is 6.38. The Kier molecular flexibility index (Phi) is 4.66. The maximum absolute atomic E-state index is 8.94. The average molecular weight is 347 g/mol. The normalized spacial score (nSPS) is 26.8. The summed E-state index contributed by atoms with van der Waals surface area (Å²) >= 11 is 0. The minimum absolute atomic E-state index is 0. The molecule has 0 aromatic carbocycles. The van der Waals surface area contributed by atoms with Crippen molar-refractivity contribution in [3.8, 4) is 6.07 Å². The summed E-state index contributed by atoms with van der Waals surface area (Å²) in [5.41, 5.74) is 1.10.